The maximum atomic E-state index is 11.9. The van der Waals surface area contributed by atoms with Gasteiger partial charge in [0.2, 0.25) is 0 Å². The molecule has 0 saturated heterocycles. The fraction of sp³-hybridized carbons (Fsp3) is 0. The molecule has 0 atom stereocenters. The Morgan fingerprint density at radius 3 is 2.35 bits per heavy atom. The maximum Gasteiger partial charge on any atom is 0.263 e. The zero-order chi connectivity index (χ0) is 12.5. The molecule has 1 heterocycles. The van der Waals surface area contributed by atoms with Crippen molar-refractivity contribution < 1.29 is 8.42 Å². The Morgan fingerprint density at radius 2 is 1.82 bits per heavy atom. The second-order valence-corrected chi connectivity index (χ2v) is 8.04. The number of benzene rings is 1. The van der Waals surface area contributed by atoms with E-state index in [4.69, 9.17) is 0 Å². The first-order chi connectivity index (χ1) is 7.97. The molecule has 0 aliphatic rings. The summed E-state index contributed by atoms with van der Waals surface area (Å²) in [5.41, 5.74) is 0. The molecule has 1 aromatic carbocycles. The van der Waals surface area contributed by atoms with E-state index < -0.39 is 10.0 Å². The van der Waals surface area contributed by atoms with E-state index in [1.807, 2.05) is 0 Å². The summed E-state index contributed by atoms with van der Waals surface area (Å²) in [6.45, 7) is 0. The molecule has 90 valence electrons. The van der Waals surface area contributed by atoms with E-state index in [0.717, 1.165) is 8.26 Å². The number of hydrogen-bond donors (Lipinski definition) is 1. The zero-order valence-electron chi connectivity index (χ0n) is 8.22. The van der Waals surface area contributed by atoms with Crippen LogP contribution in [0.1, 0.15) is 0 Å². The van der Waals surface area contributed by atoms with Crippen LogP contribution in [0.3, 0.4) is 0 Å². The molecule has 0 saturated carbocycles. The van der Waals surface area contributed by atoms with Crippen molar-refractivity contribution >= 4 is 58.4 Å². The van der Waals surface area contributed by atoms with Gasteiger partial charge in [0.25, 0.3) is 10.0 Å². The van der Waals surface area contributed by atoms with Crippen LogP contribution in [0.15, 0.2) is 43.6 Å². The molecular weight excluding hydrogens is 392 g/mol. The fourth-order valence-electron chi connectivity index (χ4n) is 1.09. The molecule has 0 spiro atoms. The molecule has 2 aromatic rings. The first-order valence-corrected chi connectivity index (χ1v) is 8.26. The molecule has 8 heteroatoms. The third-order valence-electron chi connectivity index (χ3n) is 1.82. The number of sulfonamides is 1. The van der Waals surface area contributed by atoms with Crippen LogP contribution in [0.25, 0.3) is 0 Å². The topological polar surface area (TPSA) is 59.1 Å². The standard InChI is InChI=1S/C9H6Br2N2O2S2/c10-6-1-3-7(4-2-6)17(14,15)13-9-12-5-8(11)16-9/h1-5H,(H,12,13). The van der Waals surface area contributed by atoms with Gasteiger partial charge in [-0.25, -0.2) is 13.4 Å². The van der Waals surface area contributed by atoms with E-state index in [1.165, 1.54) is 23.5 Å². The molecule has 1 aromatic heterocycles. The average Bonchev–Trinajstić information content (AvgIpc) is 2.63. The quantitative estimate of drug-likeness (QED) is 0.862. The highest BCUT2D eigenvalue weighted by Gasteiger charge is 2.15. The summed E-state index contributed by atoms with van der Waals surface area (Å²) in [5.74, 6) is 0. The van der Waals surface area contributed by atoms with E-state index in [-0.39, 0.29) is 4.90 Å². The lowest BCUT2D eigenvalue weighted by Crippen LogP contribution is -2.12. The number of aromatic nitrogens is 1. The van der Waals surface area contributed by atoms with Gasteiger partial charge in [0.1, 0.15) is 0 Å². The summed E-state index contributed by atoms with van der Waals surface area (Å²) >= 11 is 7.69. The van der Waals surface area contributed by atoms with Gasteiger partial charge in [-0.1, -0.05) is 27.3 Å². The Hall–Kier alpha value is -0.440. The Balaban J connectivity index is 2.28. The fourth-order valence-corrected chi connectivity index (χ4v) is 3.70. The predicted molar refractivity (Wildman–Crippen MR) is 74.8 cm³/mol. The minimum absolute atomic E-state index is 0.201. The smallest absolute Gasteiger partial charge is 0.255 e. The monoisotopic (exact) mass is 396 g/mol. The Kier molecular flexibility index (Phi) is 3.86. The summed E-state index contributed by atoms with van der Waals surface area (Å²) in [6.07, 6.45) is 1.55. The highest BCUT2D eigenvalue weighted by Crippen LogP contribution is 2.25. The van der Waals surface area contributed by atoms with Gasteiger partial charge in [-0.3, -0.25) is 4.72 Å². The molecule has 0 bridgehead atoms. The minimum atomic E-state index is -3.56. The SMILES string of the molecule is O=S(=O)(Nc1ncc(Br)s1)c1ccc(Br)cc1. The van der Waals surface area contributed by atoms with Crippen LogP contribution in [-0.4, -0.2) is 13.4 Å². The van der Waals surface area contributed by atoms with Crippen molar-refractivity contribution in [3.8, 4) is 0 Å². The van der Waals surface area contributed by atoms with Gasteiger partial charge in [-0.2, -0.15) is 0 Å². The highest BCUT2D eigenvalue weighted by molar-refractivity contribution is 9.11. The maximum absolute atomic E-state index is 11.9. The largest absolute Gasteiger partial charge is 0.263 e. The van der Waals surface area contributed by atoms with Crippen LogP contribution < -0.4 is 4.72 Å². The van der Waals surface area contributed by atoms with Gasteiger partial charge in [0.05, 0.1) is 14.9 Å². The summed E-state index contributed by atoms with van der Waals surface area (Å²) in [5, 5.41) is 0.333. The predicted octanol–water partition coefficient (Wildman–Crippen LogP) is 3.47. The number of nitrogens with one attached hydrogen (secondary N) is 1. The molecule has 0 aliphatic heterocycles. The number of hydrogen-bond acceptors (Lipinski definition) is 4. The molecule has 2 rings (SSSR count). The number of anilines is 1. The summed E-state index contributed by atoms with van der Waals surface area (Å²) in [7, 11) is -3.56. The summed E-state index contributed by atoms with van der Waals surface area (Å²) < 4.78 is 27.9. The molecule has 0 fully saturated rings. The first kappa shape index (κ1) is 13.0. The molecular formula is C9H6Br2N2O2S2. The number of rotatable bonds is 3. The van der Waals surface area contributed by atoms with Crippen molar-refractivity contribution in [1.29, 1.82) is 0 Å². The molecule has 0 radical (unpaired) electrons. The molecule has 0 unspecified atom stereocenters. The molecule has 0 amide bonds. The van der Waals surface area contributed by atoms with Gasteiger partial charge in [0.15, 0.2) is 5.13 Å². The third-order valence-corrected chi connectivity index (χ3v) is 5.23. The van der Waals surface area contributed by atoms with E-state index >= 15 is 0 Å². The van der Waals surface area contributed by atoms with Gasteiger partial charge < -0.3 is 0 Å². The number of thiazole rings is 1. The van der Waals surface area contributed by atoms with Crippen molar-refractivity contribution in [2.24, 2.45) is 0 Å². The van der Waals surface area contributed by atoms with Crippen molar-refractivity contribution in [2.75, 3.05) is 4.72 Å². The normalized spacial score (nSPS) is 11.4. The minimum Gasteiger partial charge on any atom is -0.255 e. The average molecular weight is 398 g/mol. The Labute approximate surface area is 119 Å². The van der Waals surface area contributed by atoms with Gasteiger partial charge in [0, 0.05) is 4.47 Å². The third kappa shape index (κ3) is 3.27. The van der Waals surface area contributed by atoms with Crippen LogP contribution >= 0.6 is 43.2 Å². The van der Waals surface area contributed by atoms with Gasteiger partial charge in [-0.15, -0.1) is 0 Å². The second-order valence-electron chi connectivity index (χ2n) is 3.03. The van der Waals surface area contributed by atoms with Crippen LogP contribution in [-0.2, 0) is 10.0 Å². The summed E-state index contributed by atoms with van der Waals surface area (Å²) in [6, 6.07) is 6.39. The van der Waals surface area contributed by atoms with Crippen molar-refractivity contribution in [3.05, 3.63) is 38.7 Å². The molecule has 4 nitrogen and oxygen atoms in total. The van der Waals surface area contributed by atoms with E-state index in [0.29, 0.717) is 5.13 Å². The van der Waals surface area contributed by atoms with Crippen LogP contribution in [0, 0.1) is 0 Å². The van der Waals surface area contributed by atoms with Crippen molar-refractivity contribution in [2.45, 2.75) is 4.90 Å². The number of nitrogens with zero attached hydrogens (tertiary/aromatic N) is 1. The van der Waals surface area contributed by atoms with E-state index in [2.05, 4.69) is 41.6 Å². The Morgan fingerprint density at radius 1 is 1.18 bits per heavy atom. The van der Waals surface area contributed by atoms with Crippen LogP contribution in [0.2, 0.25) is 0 Å². The van der Waals surface area contributed by atoms with Crippen molar-refractivity contribution in [3.63, 3.8) is 0 Å². The Bertz CT molecular complexity index is 623. The summed E-state index contributed by atoms with van der Waals surface area (Å²) in [4.78, 5) is 4.12. The van der Waals surface area contributed by atoms with Crippen LogP contribution in [0.5, 0.6) is 0 Å². The highest BCUT2D eigenvalue weighted by atomic mass is 79.9. The van der Waals surface area contributed by atoms with Crippen molar-refractivity contribution in [1.82, 2.24) is 4.98 Å². The van der Waals surface area contributed by atoms with Gasteiger partial charge >= 0.3 is 0 Å². The number of halogens is 2. The molecule has 17 heavy (non-hydrogen) atoms. The van der Waals surface area contributed by atoms with E-state index in [9.17, 15) is 8.42 Å². The zero-order valence-corrected chi connectivity index (χ0v) is 13.0. The second kappa shape index (κ2) is 5.05. The first-order valence-electron chi connectivity index (χ1n) is 4.37. The lowest BCUT2D eigenvalue weighted by Gasteiger charge is -2.04. The lowest BCUT2D eigenvalue weighted by molar-refractivity contribution is 0.601. The molecule has 1 N–H and O–H groups in total. The molecule has 0 aliphatic carbocycles. The van der Waals surface area contributed by atoms with E-state index in [1.54, 1.807) is 18.3 Å². The lowest BCUT2D eigenvalue weighted by atomic mass is 10.4. The van der Waals surface area contributed by atoms with Gasteiger partial charge in [-0.05, 0) is 40.2 Å². The van der Waals surface area contributed by atoms with Crippen LogP contribution in [0.4, 0.5) is 5.13 Å².